The van der Waals surface area contributed by atoms with Gasteiger partial charge in [0.25, 0.3) is 10.0 Å². The number of sulfonamides is 1. The summed E-state index contributed by atoms with van der Waals surface area (Å²) in [5.74, 6) is 0.298. The SMILES string of the molecule is Cc1ccc(S(=O)(=O)N(Cc2ccccc2)c2ccc(OCC(O)C[N+](C)(C)CCCc3ccccc3)c(C#N)c2)cc1. The summed E-state index contributed by atoms with van der Waals surface area (Å²) in [7, 11) is 0.228. The molecule has 0 heterocycles. The summed E-state index contributed by atoms with van der Waals surface area (Å²) in [4.78, 5) is 0.167. The van der Waals surface area contributed by atoms with Gasteiger partial charge >= 0.3 is 0 Å². The van der Waals surface area contributed by atoms with E-state index >= 15 is 0 Å². The van der Waals surface area contributed by atoms with Crippen LogP contribution in [0, 0.1) is 18.3 Å². The minimum absolute atomic E-state index is 0.0176. The molecule has 0 aliphatic rings. The van der Waals surface area contributed by atoms with Crippen LogP contribution in [0.2, 0.25) is 0 Å². The van der Waals surface area contributed by atoms with Gasteiger partial charge in [0, 0.05) is 6.42 Å². The lowest BCUT2D eigenvalue weighted by molar-refractivity contribution is -0.893. The van der Waals surface area contributed by atoms with Crippen molar-refractivity contribution in [2.45, 2.75) is 37.3 Å². The van der Waals surface area contributed by atoms with E-state index in [1.807, 2.05) is 55.5 Å². The average molecular weight is 599 g/mol. The number of ether oxygens (including phenoxy) is 1. The van der Waals surface area contributed by atoms with E-state index in [1.165, 1.54) is 15.9 Å². The molecule has 7 nitrogen and oxygen atoms in total. The second kappa shape index (κ2) is 14.3. The van der Waals surface area contributed by atoms with Crippen molar-refractivity contribution < 1.29 is 22.7 Å². The fraction of sp³-hybridized carbons (Fsp3) is 0.286. The number of likely N-dealkylation sites (N-methyl/N-ethyl adjacent to an activating group) is 1. The molecular formula is C35H40N3O4S+. The van der Waals surface area contributed by atoms with Crippen molar-refractivity contribution in [3.05, 3.63) is 125 Å². The molecule has 0 aromatic heterocycles. The molecule has 43 heavy (non-hydrogen) atoms. The number of anilines is 1. The van der Waals surface area contributed by atoms with Gasteiger partial charge in [-0.2, -0.15) is 5.26 Å². The van der Waals surface area contributed by atoms with Gasteiger partial charge < -0.3 is 14.3 Å². The molecule has 0 saturated carbocycles. The Labute approximate surface area is 255 Å². The van der Waals surface area contributed by atoms with E-state index in [2.05, 4.69) is 32.3 Å². The minimum atomic E-state index is -3.94. The number of aliphatic hydroxyl groups excluding tert-OH is 1. The third-order valence-corrected chi connectivity index (χ3v) is 9.15. The van der Waals surface area contributed by atoms with Crippen LogP contribution >= 0.6 is 0 Å². The minimum Gasteiger partial charge on any atom is -0.489 e. The number of aryl methyl sites for hydroxylation is 2. The van der Waals surface area contributed by atoms with Gasteiger partial charge in [0.15, 0.2) is 0 Å². The van der Waals surface area contributed by atoms with E-state index in [0.717, 1.165) is 30.5 Å². The fourth-order valence-electron chi connectivity index (χ4n) is 5.04. The molecule has 1 unspecified atom stereocenters. The Morgan fingerprint density at radius 3 is 2.16 bits per heavy atom. The number of hydrogen-bond acceptors (Lipinski definition) is 5. The molecule has 224 valence electrons. The van der Waals surface area contributed by atoms with Crippen molar-refractivity contribution >= 4 is 15.7 Å². The molecule has 0 saturated heterocycles. The Morgan fingerprint density at radius 2 is 1.53 bits per heavy atom. The molecule has 0 aliphatic heterocycles. The molecule has 1 N–H and O–H groups in total. The number of rotatable bonds is 14. The van der Waals surface area contributed by atoms with Gasteiger partial charge in [0.2, 0.25) is 0 Å². The maximum absolute atomic E-state index is 13.8. The summed E-state index contributed by atoms with van der Waals surface area (Å²) in [6.07, 6.45) is 1.23. The molecule has 0 spiro atoms. The van der Waals surface area contributed by atoms with E-state index in [1.54, 1.807) is 36.4 Å². The third-order valence-electron chi connectivity index (χ3n) is 7.36. The molecule has 4 aromatic carbocycles. The smallest absolute Gasteiger partial charge is 0.264 e. The second-order valence-corrected chi connectivity index (χ2v) is 13.4. The summed E-state index contributed by atoms with van der Waals surface area (Å²) in [6, 6.07) is 33.3. The Hall–Kier alpha value is -4.16. The van der Waals surface area contributed by atoms with Gasteiger partial charge in [-0.15, -0.1) is 0 Å². The number of aliphatic hydroxyl groups is 1. The van der Waals surface area contributed by atoms with Crippen molar-refractivity contribution in [2.75, 3.05) is 38.1 Å². The first-order valence-electron chi connectivity index (χ1n) is 14.4. The third kappa shape index (κ3) is 8.91. The highest BCUT2D eigenvalue weighted by atomic mass is 32.2. The van der Waals surface area contributed by atoms with Gasteiger partial charge in [0.1, 0.15) is 31.1 Å². The summed E-state index contributed by atoms with van der Waals surface area (Å²) >= 11 is 0. The van der Waals surface area contributed by atoms with Gasteiger partial charge in [-0.05, 0) is 54.8 Å². The monoisotopic (exact) mass is 598 g/mol. The van der Waals surface area contributed by atoms with E-state index < -0.39 is 16.1 Å². The topological polar surface area (TPSA) is 90.6 Å². The van der Waals surface area contributed by atoms with Crippen molar-refractivity contribution in [2.24, 2.45) is 0 Å². The Bertz CT molecular complexity index is 1620. The number of nitrogens with zero attached hydrogens (tertiary/aromatic N) is 3. The van der Waals surface area contributed by atoms with Crippen LogP contribution in [0.3, 0.4) is 0 Å². The number of benzene rings is 4. The lowest BCUT2D eigenvalue weighted by atomic mass is 10.1. The molecule has 0 fully saturated rings. The molecule has 1 atom stereocenters. The Kier molecular flexibility index (Phi) is 10.6. The highest BCUT2D eigenvalue weighted by Gasteiger charge is 2.27. The fourth-order valence-corrected chi connectivity index (χ4v) is 6.49. The molecule has 4 aromatic rings. The first kappa shape index (κ1) is 31.8. The van der Waals surface area contributed by atoms with Crippen LogP contribution in [0.15, 0.2) is 108 Å². The van der Waals surface area contributed by atoms with Crippen LogP contribution in [0.25, 0.3) is 0 Å². The van der Waals surface area contributed by atoms with E-state index in [0.29, 0.717) is 22.5 Å². The molecule has 0 amide bonds. The Balaban J connectivity index is 1.46. The largest absolute Gasteiger partial charge is 0.489 e. The van der Waals surface area contributed by atoms with Crippen LogP contribution in [-0.2, 0) is 23.0 Å². The molecule has 0 radical (unpaired) electrons. The van der Waals surface area contributed by atoms with Crippen LogP contribution in [0.4, 0.5) is 5.69 Å². The maximum atomic E-state index is 13.8. The van der Waals surface area contributed by atoms with Gasteiger partial charge in [0.05, 0.1) is 43.3 Å². The number of nitriles is 1. The highest BCUT2D eigenvalue weighted by Crippen LogP contribution is 2.30. The zero-order valence-corrected chi connectivity index (χ0v) is 25.9. The molecular weight excluding hydrogens is 558 g/mol. The lowest BCUT2D eigenvalue weighted by Gasteiger charge is -2.32. The van der Waals surface area contributed by atoms with Gasteiger partial charge in [-0.25, -0.2) is 8.42 Å². The number of hydrogen-bond donors (Lipinski definition) is 1. The quantitative estimate of drug-likeness (QED) is 0.188. The van der Waals surface area contributed by atoms with Crippen LogP contribution in [0.1, 0.15) is 28.7 Å². The van der Waals surface area contributed by atoms with Crippen LogP contribution < -0.4 is 9.04 Å². The summed E-state index contributed by atoms with van der Waals surface area (Å²) in [5, 5.41) is 20.7. The van der Waals surface area contributed by atoms with Crippen molar-refractivity contribution in [1.82, 2.24) is 0 Å². The highest BCUT2D eigenvalue weighted by molar-refractivity contribution is 7.92. The predicted molar refractivity (Wildman–Crippen MR) is 170 cm³/mol. The normalized spacial score (nSPS) is 12.3. The van der Waals surface area contributed by atoms with Crippen LogP contribution in [-0.4, -0.2) is 57.9 Å². The average Bonchev–Trinajstić information content (AvgIpc) is 2.99. The van der Waals surface area contributed by atoms with E-state index in [9.17, 15) is 18.8 Å². The standard InChI is InChI=1S/C35H40N3O4S/c1-28-16-19-34(20-17-28)43(40,41)37(25-30-13-8-5-9-14-30)32-18-21-35(31(23-32)24-36)42-27-33(39)26-38(2,3)22-10-15-29-11-6-4-7-12-29/h4-9,11-14,16-21,23,33,39H,10,15,22,25-27H2,1-3H3/q+1. The van der Waals surface area contributed by atoms with E-state index in [-0.39, 0.29) is 23.6 Å². The first-order chi connectivity index (χ1) is 20.6. The summed E-state index contributed by atoms with van der Waals surface area (Å²) in [6.45, 7) is 3.41. The molecule has 0 bridgehead atoms. The molecule has 0 aliphatic carbocycles. The first-order valence-corrected chi connectivity index (χ1v) is 15.9. The summed E-state index contributed by atoms with van der Waals surface area (Å²) < 4.78 is 35.5. The van der Waals surface area contributed by atoms with Gasteiger partial charge in [-0.3, -0.25) is 4.31 Å². The zero-order valence-electron chi connectivity index (χ0n) is 25.1. The summed E-state index contributed by atoms with van der Waals surface area (Å²) in [5.41, 5.74) is 3.61. The zero-order chi connectivity index (χ0) is 30.9. The maximum Gasteiger partial charge on any atom is 0.264 e. The Morgan fingerprint density at radius 1 is 0.907 bits per heavy atom. The number of quaternary nitrogens is 1. The molecule has 8 heteroatoms. The van der Waals surface area contributed by atoms with Crippen molar-refractivity contribution in [3.8, 4) is 11.8 Å². The van der Waals surface area contributed by atoms with E-state index in [4.69, 9.17) is 4.74 Å². The van der Waals surface area contributed by atoms with Crippen LogP contribution in [0.5, 0.6) is 5.75 Å². The molecule has 4 rings (SSSR count). The van der Waals surface area contributed by atoms with Gasteiger partial charge in [-0.1, -0.05) is 78.4 Å². The van der Waals surface area contributed by atoms with Crippen molar-refractivity contribution in [3.63, 3.8) is 0 Å². The predicted octanol–water partition coefficient (Wildman–Crippen LogP) is 5.71. The lowest BCUT2D eigenvalue weighted by Crippen LogP contribution is -2.47. The second-order valence-electron chi connectivity index (χ2n) is 11.5. The van der Waals surface area contributed by atoms with Crippen molar-refractivity contribution in [1.29, 1.82) is 5.26 Å².